The highest BCUT2D eigenvalue weighted by atomic mass is 32.2. The molecule has 2 rings (SSSR count). The predicted molar refractivity (Wildman–Crippen MR) is 113 cm³/mol. The minimum Gasteiger partial charge on any atom is -0.494 e. The topological polar surface area (TPSA) is 84.5 Å². The molecule has 0 radical (unpaired) electrons. The van der Waals surface area contributed by atoms with Gasteiger partial charge in [-0.1, -0.05) is 26.0 Å². The van der Waals surface area contributed by atoms with Crippen LogP contribution in [0.1, 0.15) is 26.3 Å². The Hall–Kier alpha value is -2.03. The van der Waals surface area contributed by atoms with Gasteiger partial charge < -0.3 is 10.1 Å². The molecule has 1 amide bonds. The van der Waals surface area contributed by atoms with Crippen molar-refractivity contribution in [2.45, 2.75) is 37.1 Å². The monoisotopic (exact) mass is 422 g/mol. The van der Waals surface area contributed by atoms with Gasteiger partial charge in [0.1, 0.15) is 5.75 Å². The second-order valence-corrected chi connectivity index (χ2v) is 9.03. The molecule has 0 saturated carbocycles. The van der Waals surface area contributed by atoms with Crippen LogP contribution in [0.5, 0.6) is 5.75 Å². The molecule has 28 heavy (non-hydrogen) atoms. The van der Waals surface area contributed by atoms with Gasteiger partial charge in [0, 0.05) is 17.4 Å². The number of hydrogen-bond acceptors (Lipinski definition) is 5. The van der Waals surface area contributed by atoms with E-state index in [0.29, 0.717) is 18.0 Å². The van der Waals surface area contributed by atoms with E-state index >= 15 is 0 Å². The van der Waals surface area contributed by atoms with E-state index in [-0.39, 0.29) is 23.3 Å². The molecule has 0 aliphatic heterocycles. The second kappa shape index (κ2) is 9.95. The fraction of sp³-hybridized carbons (Fsp3) is 0.350. The molecule has 0 bridgehead atoms. The van der Waals surface area contributed by atoms with Crippen LogP contribution in [0.15, 0.2) is 52.3 Å². The Bertz CT molecular complexity index is 928. The van der Waals surface area contributed by atoms with Crippen LogP contribution in [0.3, 0.4) is 0 Å². The van der Waals surface area contributed by atoms with Crippen LogP contribution in [0.25, 0.3) is 0 Å². The van der Waals surface area contributed by atoms with Crippen molar-refractivity contribution in [2.24, 2.45) is 5.92 Å². The summed E-state index contributed by atoms with van der Waals surface area (Å²) in [4.78, 5) is 12.9. The van der Waals surface area contributed by atoms with Gasteiger partial charge in [-0.3, -0.25) is 4.79 Å². The van der Waals surface area contributed by atoms with Crippen LogP contribution in [-0.2, 0) is 21.4 Å². The van der Waals surface area contributed by atoms with Gasteiger partial charge >= 0.3 is 0 Å². The third kappa shape index (κ3) is 5.98. The number of carbonyl (C=O) groups is 1. The summed E-state index contributed by atoms with van der Waals surface area (Å²) < 4.78 is 33.5. The molecule has 152 valence electrons. The van der Waals surface area contributed by atoms with Gasteiger partial charge in [-0.15, -0.1) is 11.8 Å². The Morgan fingerprint density at radius 2 is 1.93 bits per heavy atom. The number of rotatable bonds is 9. The fourth-order valence-electron chi connectivity index (χ4n) is 2.40. The van der Waals surface area contributed by atoms with Crippen molar-refractivity contribution in [1.82, 2.24) is 4.72 Å². The summed E-state index contributed by atoms with van der Waals surface area (Å²) in [7, 11) is -3.74. The van der Waals surface area contributed by atoms with Crippen molar-refractivity contribution < 1.29 is 17.9 Å². The highest BCUT2D eigenvalue weighted by Gasteiger charge is 2.18. The first kappa shape index (κ1) is 22.3. The lowest BCUT2D eigenvalue weighted by molar-refractivity contribution is -0.118. The van der Waals surface area contributed by atoms with E-state index in [4.69, 9.17) is 4.74 Å². The summed E-state index contributed by atoms with van der Waals surface area (Å²) in [5, 5.41) is 2.80. The maximum atomic E-state index is 12.7. The molecule has 0 spiro atoms. The first-order valence-electron chi connectivity index (χ1n) is 8.97. The van der Waals surface area contributed by atoms with E-state index in [1.165, 1.54) is 23.9 Å². The highest BCUT2D eigenvalue weighted by molar-refractivity contribution is 7.98. The van der Waals surface area contributed by atoms with Gasteiger partial charge in [0.25, 0.3) is 0 Å². The average molecular weight is 423 g/mol. The quantitative estimate of drug-likeness (QED) is 0.599. The molecule has 0 aliphatic carbocycles. The average Bonchev–Trinajstić information content (AvgIpc) is 2.67. The molecule has 0 heterocycles. The maximum Gasteiger partial charge on any atom is 0.240 e. The summed E-state index contributed by atoms with van der Waals surface area (Å²) in [5.41, 5.74) is 1.29. The van der Waals surface area contributed by atoms with Crippen LogP contribution in [0.4, 0.5) is 5.69 Å². The number of nitrogens with one attached hydrogen (secondary N) is 2. The van der Waals surface area contributed by atoms with Crippen molar-refractivity contribution in [3.8, 4) is 5.75 Å². The third-order valence-electron chi connectivity index (χ3n) is 3.94. The van der Waals surface area contributed by atoms with Crippen molar-refractivity contribution in [2.75, 3.05) is 18.2 Å². The molecule has 2 N–H and O–H groups in total. The van der Waals surface area contributed by atoms with Gasteiger partial charge in [-0.05, 0) is 49.1 Å². The Kier molecular flexibility index (Phi) is 7.91. The van der Waals surface area contributed by atoms with Crippen LogP contribution in [0, 0.1) is 5.92 Å². The SMILES string of the molecule is CCOc1cccc(CNS(=O)(=O)c2ccc(SC)c(NC(=O)C(C)C)c2)c1. The zero-order valence-electron chi connectivity index (χ0n) is 16.5. The largest absolute Gasteiger partial charge is 0.494 e. The molecular formula is C20H26N2O4S2. The first-order valence-corrected chi connectivity index (χ1v) is 11.7. The lowest BCUT2D eigenvalue weighted by Gasteiger charge is -2.14. The Morgan fingerprint density at radius 1 is 1.18 bits per heavy atom. The number of sulfonamides is 1. The number of hydrogen-bond donors (Lipinski definition) is 2. The van der Waals surface area contributed by atoms with Crippen LogP contribution < -0.4 is 14.8 Å². The number of benzene rings is 2. The summed E-state index contributed by atoms with van der Waals surface area (Å²) >= 11 is 1.44. The second-order valence-electron chi connectivity index (χ2n) is 6.41. The zero-order chi connectivity index (χ0) is 20.7. The summed E-state index contributed by atoms with van der Waals surface area (Å²) in [6.07, 6.45) is 1.87. The van der Waals surface area contributed by atoms with E-state index in [1.54, 1.807) is 26.0 Å². The van der Waals surface area contributed by atoms with Crippen molar-refractivity contribution in [1.29, 1.82) is 0 Å². The molecule has 0 atom stereocenters. The number of thioether (sulfide) groups is 1. The van der Waals surface area contributed by atoms with E-state index in [9.17, 15) is 13.2 Å². The van der Waals surface area contributed by atoms with Gasteiger partial charge in [0.05, 0.1) is 17.2 Å². The number of amides is 1. The maximum absolute atomic E-state index is 12.7. The molecule has 0 unspecified atom stereocenters. The number of ether oxygens (including phenoxy) is 1. The standard InChI is InChI=1S/C20H26N2O4S2/c1-5-26-16-8-6-7-15(11-16)13-21-28(24,25)17-9-10-19(27-4)18(12-17)22-20(23)14(2)3/h6-12,14,21H,5,13H2,1-4H3,(H,22,23). The summed E-state index contributed by atoms with van der Waals surface area (Å²) in [6.45, 7) is 6.14. The van der Waals surface area contributed by atoms with Crippen molar-refractivity contribution >= 4 is 33.4 Å². The van der Waals surface area contributed by atoms with Gasteiger partial charge in [0.2, 0.25) is 15.9 Å². The Labute approximate surface area is 171 Å². The van der Waals surface area contributed by atoms with Crippen LogP contribution in [0.2, 0.25) is 0 Å². The minimum absolute atomic E-state index is 0.102. The van der Waals surface area contributed by atoms with Crippen LogP contribution in [-0.4, -0.2) is 27.2 Å². The predicted octanol–water partition coefficient (Wildman–Crippen LogP) is 3.88. The molecule has 2 aromatic carbocycles. The molecule has 8 heteroatoms. The fourth-order valence-corrected chi connectivity index (χ4v) is 3.98. The lowest BCUT2D eigenvalue weighted by Crippen LogP contribution is -2.24. The van der Waals surface area contributed by atoms with E-state index in [1.807, 2.05) is 31.4 Å². The summed E-state index contributed by atoms with van der Waals surface area (Å²) in [6, 6.07) is 12.0. The van der Waals surface area contributed by atoms with E-state index in [2.05, 4.69) is 10.0 Å². The molecule has 0 fully saturated rings. The number of carbonyl (C=O) groups excluding carboxylic acids is 1. The zero-order valence-corrected chi connectivity index (χ0v) is 18.1. The molecule has 0 aliphatic rings. The third-order valence-corrected chi connectivity index (χ3v) is 6.13. The first-order chi connectivity index (χ1) is 13.3. The minimum atomic E-state index is -3.74. The number of anilines is 1. The highest BCUT2D eigenvalue weighted by Crippen LogP contribution is 2.28. The Balaban J connectivity index is 2.20. The van der Waals surface area contributed by atoms with Crippen molar-refractivity contribution in [3.05, 3.63) is 48.0 Å². The molecular weight excluding hydrogens is 396 g/mol. The van der Waals surface area contributed by atoms with Gasteiger partial charge in [-0.2, -0.15) is 0 Å². The smallest absolute Gasteiger partial charge is 0.240 e. The van der Waals surface area contributed by atoms with Gasteiger partial charge in [-0.25, -0.2) is 13.1 Å². The lowest BCUT2D eigenvalue weighted by atomic mass is 10.2. The van der Waals surface area contributed by atoms with E-state index in [0.717, 1.165) is 10.5 Å². The molecule has 2 aromatic rings. The Morgan fingerprint density at radius 3 is 2.57 bits per heavy atom. The molecule has 0 aromatic heterocycles. The van der Waals surface area contributed by atoms with E-state index < -0.39 is 10.0 Å². The molecule has 0 saturated heterocycles. The van der Waals surface area contributed by atoms with Gasteiger partial charge in [0.15, 0.2) is 0 Å². The molecule has 6 nitrogen and oxygen atoms in total. The van der Waals surface area contributed by atoms with Crippen molar-refractivity contribution in [3.63, 3.8) is 0 Å². The summed E-state index contributed by atoms with van der Waals surface area (Å²) in [5.74, 6) is 0.332. The van der Waals surface area contributed by atoms with Crippen LogP contribution >= 0.6 is 11.8 Å². The normalized spacial score (nSPS) is 11.5.